The highest BCUT2D eigenvalue weighted by atomic mass is 35.5. The second-order valence-corrected chi connectivity index (χ2v) is 11.8. The minimum atomic E-state index is -4.05. The highest BCUT2D eigenvalue weighted by Crippen LogP contribution is 2.51. The maximum absolute atomic E-state index is 15.0. The molecule has 0 heterocycles. The minimum absolute atomic E-state index is 0.0529. The molecule has 3 rings (SSSR count). The van der Waals surface area contributed by atoms with Gasteiger partial charge in [0.15, 0.2) is 9.84 Å². The quantitative estimate of drug-likeness (QED) is 0.421. The molecule has 3 unspecified atom stereocenters. The van der Waals surface area contributed by atoms with E-state index in [4.69, 9.17) is 16.3 Å². The van der Waals surface area contributed by atoms with Gasteiger partial charge in [0.25, 0.3) is 0 Å². The van der Waals surface area contributed by atoms with Gasteiger partial charge in [-0.05, 0) is 79.8 Å². The number of halogens is 3. The van der Waals surface area contributed by atoms with Gasteiger partial charge in [0, 0.05) is 22.9 Å². The van der Waals surface area contributed by atoms with Gasteiger partial charge in [-0.15, -0.1) is 0 Å². The standard InChI is InChI=1S/C23H27ClF2O3S2/c1-16-9-10-23(14-17(16)15-29-11-12-30-2,21-13-19(25)5-8-22(21)26)31(27,28)20-6-3-18(24)4-7-20/h3-8,13,16-17H,9-12,14-15H2,1-2H3. The van der Waals surface area contributed by atoms with Crippen LogP contribution in [0.5, 0.6) is 0 Å². The van der Waals surface area contributed by atoms with E-state index in [9.17, 15) is 17.2 Å². The van der Waals surface area contributed by atoms with Gasteiger partial charge in [-0.25, -0.2) is 17.2 Å². The number of hydrogen-bond donors (Lipinski definition) is 0. The van der Waals surface area contributed by atoms with Crippen LogP contribution in [0.2, 0.25) is 5.02 Å². The van der Waals surface area contributed by atoms with Crippen LogP contribution in [0.15, 0.2) is 47.4 Å². The van der Waals surface area contributed by atoms with Crippen LogP contribution in [0.4, 0.5) is 8.78 Å². The van der Waals surface area contributed by atoms with E-state index in [1.165, 1.54) is 24.3 Å². The highest BCUT2D eigenvalue weighted by molar-refractivity contribution is 7.98. The Balaban J connectivity index is 2.09. The van der Waals surface area contributed by atoms with Crippen molar-refractivity contribution in [1.82, 2.24) is 0 Å². The van der Waals surface area contributed by atoms with Crippen molar-refractivity contribution in [2.75, 3.05) is 25.2 Å². The van der Waals surface area contributed by atoms with Crippen molar-refractivity contribution in [3.63, 3.8) is 0 Å². The first kappa shape index (κ1) is 24.5. The van der Waals surface area contributed by atoms with Crippen LogP contribution in [0.25, 0.3) is 0 Å². The van der Waals surface area contributed by atoms with E-state index >= 15 is 0 Å². The van der Waals surface area contributed by atoms with E-state index < -0.39 is 26.2 Å². The van der Waals surface area contributed by atoms with Crippen molar-refractivity contribution in [1.29, 1.82) is 0 Å². The smallest absolute Gasteiger partial charge is 0.188 e. The van der Waals surface area contributed by atoms with E-state index in [1.807, 2.05) is 6.26 Å². The lowest BCUT2D eigenvalue weighted by Gasteiger charge is -2.43. The molecule has 0 N–H and O–H groups in total. The molecule has 0 amide bonds. The van der Waals surface area contributed by atoms with Crippen LogP contribution in [-0.4, -0.2) is 33.6 Å². The summed E-state index contributed by atoms with van der Waals surface area (Å²) in [6, 6.07) is 8.90. The first-order chi connectivity index (χ1) is 14.7. The minimum Gasteiger partial charge on any atom is -0.380 e. The molecule has 0 aliphatic heterocycles. The lowest BCUT2D eigenvalue weighted by atomic mass is 9.72. The monoisotopic (exact) mass is 488 g/mol. The molecule has 0 saturated heterocycles. The van der Waals surface area contributed by atoms with Gasteiger partial charge in [-0.3, -0.25) is 0 Å². The van der Waals surface area contributed by atoms with Gasteiger partial charge in [0.2, 0.25) is 0 Å². The van der Waals surface area contributed by atoms with Crippen molar-refractivity contribution in [3.05, 3.63) is 64.7 Å². The van der Waals surface area contributed by atoms with Gasteiger partial charge < -0.3 is 4.74 Å². The predicted molar refractivity (Wildman–Crippen MR) is 122 cm³/mol. The van der Waals surface area contributed by atoms with Gasteiger partial charge in [-0.1, -0.05) is 18.5 Å². The van der Waals surface area contributed by atoms with Crippen molar-refractivity contribution in [2.45, 2.75) is 35.8 Å². The first-order valence-electron chi connectivity index (χ1n) is 10.2. The van der Waals surface area contributed by atoms with E-state index in [-0.39, 0.29) is 35.1 Å². The fourth-order valence-corrected chi connectivity index (χ4v) is 6.97. The summed E-state index contributed by atoms with van der Waals surface area (Å²) >= 11 is 7.62. The topological polar surface area (TPSA) is 43.4 Å². The predicted octanol–water partition coefficient (Wildman–Crippen LogP) is 6.10. The number of hydrogen-bond acceptors (Lipinski definition) is 4. The molecule has 0 aromatic heterocycles. The number of sulfone groups is 1. The summed E-state index contributed by atoms with van der Waals surface area (Å²) in [5, 5.41) is 0.405. The summed E-state index contributed by atoms with van der Waals surface area (Å²) in [5.41, 5.74) is -0.108. The Morgan fingerprint density at radius 3 is 2.58 bits per heavy atom. The Bertz CT molecular complexity index is 998. The zero-order valence-electron chi connectivity index (χ0n) is 17.6. The Hall–Kier alpha value is -1.15. The van der Waals surface area contributed by atoms with Crippen molar-refractivity contribution < 1.29 is 21.9 Å². The average molecular weight is 489 g/mol. The largest absolute Gasteiger partial charge is 0.380 e. The van der Waals surface area contributed by atoms with Crippen molar-refractivity contribution >= 4 is 33.2 Å². The molecule has 3 atom stereocenters. The maximum atomic E-state index is 15.0. The molecular formula is C23H27ClF2O3S2. The molecule has 31 heavy (non-hydrogen) atoms. The van der Waals surface area contributed by atoms with Crippen molar-refractivity contribution in [2.24, 2.45) is 11.8 Å². The van der Waals surface area contributed by atoms with Crippen molar-refractivity contribution in [3.8, 4) is 0 Å². The Morgan fingerprint density at radius 1 is 1.19 bits per heavy atom. The van der Waals surface area contributed by atoms with Crippen LogP contribution in [0.3, 0.4) is 0 Å². The zero-order valence-corrected chi connectivity index (χ0v) is 20.0. The molecule has 1 saturated carbocycles. The summed E-state index contributed by atoms with van der Waals surface area (Å²) in [6.07, 6.45) is 2.93. The third-order valence-corrected chi connectivity index (χ3v) is 9.56. The third kappa shape index (κ3) is 5.10. The lowest BCUT2D eigenvalue weighted by Crippen LogP contribution is -2.44. The molecule has 3 nitrogen and oxygen atoms in total. The van der Waals surface area contributed by atoms with Crippen LogP contribution in [-0.2, 0) is 19.3 Å². The summed E-state index contributed by atoms with van der Waals surface area (Å²) in [6.45, 7) is 3.01. The van der Waals surface area contributed by atoms with Gasteiger partial charge in [0.1, 0.15) is 16.4 Å². The van der Waals surface area contributed by atoms with Crippen LogP contribution < -0.4 is 0 Å². The summed E-state index contributed by atoms with van der Waals surface area (Å²) < 4.78 is 61.3. The fourth-order valence-electron chi connectivity index (χ4n) is 4.34. The normalized spacial score (nSPS) is 24.3. The molecule has 1 aliphatic rings. The van der Waals surface area contributed by atoms with E-state index in [2.05, 4.69) is 6.92 Å². The lowest BCUT2D eigenvalue weighted by molar-refractivity contribution is 0.0613. The number of thioether (sulfide) groups is 1. The molecule has 2 aromatic rings. The van der Waals surface area contributed by atoms with E-state index in [0.717, 1.165) is 24.0 Å². The van der Waals surface area contributed by atoms with Crippen LogP contribution in [0.1, 0.15) is 31.7 Å². The van der Waals surface area contributed by atoms with Crippen LogP contribution >= 0.6 is 23.4 Å². The number of ether oxygens (including phenoxy) is 1. The van der Waals surface area contributed by atoms with E-state index in [0.29, 0.717) is 24.7 Å². The molecular weight excluding hydrogens is 462 g/mol. The second kappa shape index (κ2) is 10.2. The number of benzene rings is 2. The Morgan fingerprint density at radius 2 is 1.90 bits per heavy atom. The van der Waals surface area contributed by atoms with Gasteiger partial charge in [-0.2, -0.15) is 11.8 Å². The summed E-state index contributed by atoms with van der Waals surface area (Å²) in [4.78, 5) is 0.0529. The Labute approximate surface area is 192 Å². The molecule has 1 aliphatic carbocycles. The molecule has 0 spiro atoms. The first-order valence-corrected chi connectivity index (χ1v) is 13.5. The van der Waals surface area contributed by atoms with E-state index in [1.54, 1.807) is 11.8 Å². The number of rotatable bonds is 8. The maximum Gasteiger partial charge on any atom is 0.188 e. The summed E-state index contributed by atoms with van der Waals surface area (Å²) in [5.74, 6) is -0.419. The fraction of sp³-hybridized carbons (Fsp3) is 0.478. The molecule has 1 fully saturated rings. The highest BCUT2D eigenvalue weighted by Gasteiger charge is 2.52. The SMILES string of the molecule is CSCCOCC1CC(c2cc(F)ccc2F)(S(=O)(=O)c2ccc(Cl)cc2)CCC1C. The Kier molecular flexibility index (Phi) is 8.05. The molecule has 8 heteroatoms. The van der Waals surface area contributed by atoms with Gasteiger partial charge >= 0.3 is 0 Å². The second-order valence-electron chi connectivity index (χ2n) is 8.12. The van der Waals surface area contributed by atoms with Crippen LogP contribution in [0, 0.1) is 23.5 Å². The summed E-state index contributed by atoms with van der Waals surface area (Å²) in [7, 11) is -4.05. The molecule has 0 bridgehead atoms. The van der Waals surface area contributed by atoms with Gasteiger partial charge in [0.05, 0.1) is 11.5 Å². The third-order valence-electron chi connectivity index (χ3n) is 6.22. The molecule has 0 radical (unpaired) electrons. The zero-order chi connectivity index (χ0) is 22.6. The average Bonchev–Trinajstić information content (AvgIpc) is 2.74. The molecule has 2 aromatic carbocycles. The molecule has 170 valence electrons.